The number of hydrogen-bond acceptors (Lipinski definition) is 6. The zero-order valence-corrected chi connectivity index (χ0v) is 13.2. The van der Waals surface area contributed by atoms with Crippen LogP contribution in [0.4, 0.5) is 0 Å². The predicted molar refractivity (Wildman–Crippen MR) is 86.0 cm³/mol. The third kappa shape index (κ3) is 4.53. The lowest BCUT2D eigenvalue weighted by molar-refractivity contribution is 0.241. The molecule has 2 aromatic rings. The summed E-state index contributed by atoms with van der Waals surface area (Å²) in [7, 11) is 0. The molecular weight excluding hydrogens is 294 g/mol. The van der Waals surface area contributed by atoms with Crippen molar-refractivity contribution in [1.82, 2.24) is 15.5 Å². The molecule has 0 saturated carbocycles. The second-order valence-corrected chi connectivity index (χ2v) is 5.82. The molecule has 1 saturated heterocycles. The molecule has 0 bridgehead atoms. The molecule has 3 rings (SSSR count). The second kappa shape index (κ2) is 8.08. The lowest BCUT2D eigenvalue weighted by atomic mass is 10.0. The van der Waals surface area contributed by atoms with Crippen LogP contribution in [-0.4, -0.2) is 34.5 Å². The third-order valence-electron chi connectivity index (χ3n) is 4.08. The normalized spacial score (nSPS) is 18.0. The summed E-state index contributed by atoms with van der Waals surface area (Å²) in [6.45, 7) is 1.64. The van der Waals surface area contributed by atoms with E-state index in [1.54, 1.807) is 0 Å². The molecule has 1 aromatic carbocycles. The number of piperidine rings is 1. The number of aliphatic hydroxyl groups excluding tert-OH is 1. The molecule has 0 radical (unpaired) electrons. The highest BCUT2D eigenvalue weighted by Crippen LogP contribution is 2.21. The van der Waals surface area contributed by atoms with Crippen LogP contribution in [0.15, 0.2) is 28.7 Å². The second-order valence-electron chi connectivity index (χ2n) is 5.82. The summed E-state index contributed by atoms with van der Waals surface area (Å²) in [5, 5.41) is 20.1. The van der Waals surface area contributed by atoms with E-state index in [1.165, 1.54) is 25.7 Å². The number of aliphatic hydroxyl groups is 1. The molecule has 2 N–H and O–H groups in total. The van der Waals surface area contributed by atoms with Crippen molar-refractivity contribution in [1.29, 1.82) is 0 Å². The van der Waals surface area contributed by atoms with Crippen molar-refractivity contribution in [3.05, 3.63) is 30.2 Å². The number of ether oxygens (including phenoxy) is 1. The lowest BCUT2D eigenvalue weighted by Gasteiger charge is -2.23. The fraction of sp³-hybridized carbons (Fsp3) is 0.529. The van der Waals surface area contributed by atoms with Gasteiger partial charge >= 0.3 is 0 Å². The van der Waals surface area contributed by atoms with Crippen LogP contribution in [0.2, 0.25) is 0 Å². The molecule has 6 heteroatoms. The van der Waals surface area contributed by atoms with Gasteiger partial charge in [-0.05, 0) is 56.5 Å². The van der Waals surface area contributed by atoms with E-state index in [9.17, 15) is 0 Å². The monoisotopic (exact) mass is 317 g/mol. The molecule has 1 aromatic heterocycles. The average Bonchev–Trinajstić information content (AvgIpc) is 3.09. The van der Waals surface area contributed by atoms with Crippen LogP contribution in [0, 0.1) is 0 Å². The minimum atomic E-state index is -0.246. The van der Waals surface area contributed by atoms with Gasteiger partial charge in [0.1, 0.15) is 12.4 Å². The zero-order chi connectivity index (χ0) is 15.9. The Morgan fingerprint density at radius 2 is 2.09 bits per heavy atom. The van der Waals surface area contributed by atoms with E-state index >= 15 is 0 Å². The van der Waals surface area contributed by atoms with E-state index in [4.69, 9.17) is 14.3 Å². The molecule has 1 aliphatic heterocycles. The Labute approximate surface area is 135 Å². The molecule has 1 aliphatic rings. The average molecular weight is 317 g/mol. The molecule has 6 nitrogen and oxygen atoms in total. The van der Waals surface area contributed by atoms with Gasteiger partial charge in [-0.3, -0.25) is 0 Å². The van der Waals surface area contributed by atoms with Crippen molar-refractivity contribution in [3.63, 3.8) is 0 Å². The van der Waals surface area contributed by atoms with Crippen molar-refractivity contribution >= 4 is 0 Å². The van der Waals surface area contributed by atoms with Gasteiger partial charge in [0, 0.05) is 11.6 Å². The summed E-state index contributed by atoms with van der Waals surface area (Å²) in [5.41, 5.74) is 0.816. The Balaban J connectivity index is 1.44. The molecule has 0 amide bonds. The Morgan fingerprint density at radius 1 is 1.22 bits per heavy atom. The van der Waals surface area contributed by atoms with Gasteiger partial charge in [-0.25, -0.2) is 0 Å². The molecule has 1 unspecified atom stereocenters. The predicted octanol–water partition coefficient (Wildman–Crippen LogP) is 2.53. The van der Waals surface area contributed by atoms with E-state index in [-0.39, 0.29) is 12.5 Å². The Kier molecular flexibility index (Phi) is 5.60. The van der Waals surface area contributed by atoms with Crippen molar-refractivity contribution in [2.45, 2.75) is 44.8 Å². The minimum absolute atomic E-state index is 0.219. The summed E-state index contributed by atoms with van der Waals surface area (Å²) in [5.74, 6) is 1.47. The summed E-state index contributed by atoms with van der Waals surface area (Å²) in [6, 6.07) is 8.22. The topological polar surface area (TPSA) is 80.4 Å². The summed E-state index contributed by atoms with van der Waals surface area (Å²) in [4.78, 5) is 0. The third-order valence-corrected chi connectivity index (χ3v) is 4.08. The van der Waals surface area contributed by atoms with E-state index in [0.29, 0.717) is 11.9 Å². The molecular formula is C17H23N3O3. The number of aromatic nitrogens is 2. The highest BCUT2D eigenvalue weighted by molar-refractivity contribution is 5.53. The molecule has 124 valence electrons. The van der Waals surface area contributed by atoms with E-state index in [0.717, 1.165) is 30.9 Å². The maximum absolute atomic E-state index is 8.94. The largest absolute Gasteiger partial charge is 0.494 e. The highest BCUT2D eigenvalue weighted by atomic mass is 16.5. The Morgan fingerprint density at radius 3 is 2.78 bits per heavy atom. The van der Waals surface area contributed by atoms with Crippen LogP contribution in [-0.2, 0) is 6.61 Å². The van der Waals surface area contributed by atoms with Crippen LogP contribution in [0.25, 0.3) is 11.5 Å². The first kappa shape index (κ1) is 16.0. The molecule has 1 atom stereocenters. The van der Waals surface area contributed by atoms with Crippen molar-refractivity contribution in [3.8, 4) is 17.2 Å². The Bertz CT molecular complexity index is 591. The van der Waals surface area contributed by atoms with Crippen molar-refractivity contribution in [2.75, 3.05) is 13.2 Å². The first-order chi connectivity index (χ1) is 11.3. The SMILES string of the molecule is OCc1nnc(-c2ccc(OCCCC3CCCCN3)cc2)o1. The Hall–Kier alpha value is -1.92. The van der Waals surface area contributed by atoms with E-state index in [1.807, 2.05) is 24.3 Å². The van der Waals surface area contributed by atoms with Crippen LogP contribution in [0.3, 0.4) is 0 Å². The first-order valence-corrected chi connectivity index (χ1v) is 8.25. The van der Waals surface area contributed by atoms with E-state index < -0.39 is 0 Å². The number of rotatable bonds is 7. The molecule has 0 spiro atoms. The van der Waals surface area contributed by atoms with Crippen LogP contribution < -0.4 is 10.1 Å². The highest BCUT2D eigenvalue weighted by Gasteiger charge is 2.12. The number of nitrogens with zero attached hydrogens (tertiary/aromatic N) is 2. The number of nitrogens with one attached hydrogen (secondary N) is 1. The number of hydrogen-bond donors (Lipinski definition) is 2. The zero-order valence-electron chi connectivity index (χ0n) is 13.2. The maximum Gasteiger partial charge on any atom is 0.247 e. The van der Waals surface area contributed by atoms with Gasteiger partial charge in [-0.2, -0.15) is 0 Å². The summed E-state index contributed by atoms with van der Waals surface area (Å²) in [6.07, 6.45) is 6.16. The van der Waals surface area contributed by atoms with Gasteiger partial charge in [0.2, 0.25) is 11.8 Å². The molecule has 1 fully saturated rings. The van der Waals surface area contributed by atoms with Crippen LogP contribution in [0.5, 0.6) is 5.75 Å². The van der Waals surface area contributed by atoms with Crippen molar-refractivity contribution in [2.24, 2.45) is 0 Å². The van der Waals surface area contributed by atoms with Gasteiger partial charge in [-0.15, -0.1) is 10.2 Å². The summed E-state index contributed by atoms with van der Waals surface area (Å²) < 4.78 is 11.1. The first-order valence-electron chi connectivity index (χ1n) is 8.25. The smallest absolute Gasteiger partial charge is 0.247 e. The molecule has 2 heterocycles. The van der Waals surface area contributed by atoms with Crippen molar-refractivity contribution < 1.29 is 14.3 Å². The summed E-state index contributed by atoms with van der Waals surface area (Å²) >= 11 is 0. The van der Waals surface area contributed by atoms with Crippen LogP contribution in [0.1, 0.15) is 38.0 Å². The number of benzene rings is 1. The molecule has 23 heavy (non-hydrogen) atoms. The van der Waals surface area contributed by atoms with E-state index in [2.05, 4.69) is 15.5 Å². The molecule has 0 aliphatic carbocycles. The van der Waals surface area contributed by atoms with Crippen LogP contribution >= 0.6 is 0 Å². The fourth-order valence-corrected chi connectivity index (χ4v) is 2.82. The van der Waals surface area contributed by atoms with Gasteiger partial charge in [0.05, 0.1) is 6.61 Å². The lowest BCUT2D eigenvalue weighted by Crippen LogP contribution is -2.34. The van der Waals surface area contributed by atoms with Gasteiger partial charge in [0.15, 0.2) is 0 Å². The van der Waals surface area contributed by atoms with Gasteiger partial charge in [0.25, 0.3) is 0 Å². The standard InChI is InChI=1S/C17H23N3O3/c21-12-16-19-20-17(23-16)13-6-8-15(9-7-13)22-11-3-5-14-4-1-2-10-18-14/h6-9,14,18,21H,1-5,10-12H2. The fourth-order valence-electron chi connectivity index (χ4n) is 2.82. The van der Waals surface area contributed by atoms with Gasteiger partial charge < -0.3 is 19.6 Å². The minimum Gasteiger partial charge on any atom is -0.494 e. The maximum atomic E-state index is 8.94. The van der Waals surface area contributed by atoms with Gasteiger partial charge in [-0.1, -0.05) is 6.42 Å². The quantitative estimate of drug-likeness (QED) is 0.764.